The third-order valence-electron chi connectivity index (χ3n) is 2.20. The maximum atomic E-state index is 5.89. The Morgan fingerprint density at radius 2 is 2.19 bits per heavy atom. The molecule has 0 unspecified atom stereocenters. The fraction of sp³-hybridized carbons (Fsp3) is 0.167. The van der Waals surface area contributed by atoms with Gasteiger partial charge < -0.3 is 14.9 Å². The van der Waals surface area contributed by atoms with E-state index in [2.05, 4.69) is 0 Å². The van der Waals surface area contributed by atoms with Gasteiger partial charge >= 0.3 is 0 Å². The fourth-order valence-electron chi connectivity index (χ4n) is 1.37. The first-order valence-electron chi connectivity index (χ1n) is 4.93. The summed E-state index contributed by atoms with van der Waals surface area (Å²) in [6.45, 7) is 0.797. The van der Waals surface area contributed by atoms with Crippen LogP contribution in [0.15, 0.2) is 41.0 Å². The van der Waals surface area contributed by atoms with Crippen LogP contribution in [0.25, 0.3) is 0 Å². The predicted octanol–water partition coefficient (Wildman–Crippen LogP) is 2.97. The standard InChI is InChI=1S/C12H12ClNO2/c13-10-4-3-9(7-14)12(6-10)16-8-11-2-1-5-15-11/h1-6H,7-8,14H2. The lowest BCUT2D eigenvalue weighted by Gasteiger charge is -2.09. The molecular weight excluding hydrogens is 226 g/mol. The summed E-state index contributed by atoms with van der Waals surface area (Å²) in [5.41, 5.74) is 6.53. The lowest BCUT2D eigenvalue weighted by atomic mass is 10.2. The molecule has 0 radical (unpaired) electrons. The van der Waals surface area contributed by atoms with Crippen molar-refractivity contribution in [3.63, 3.8) is 0 Å². The van der Waals surface area contributed by atoms with Crippen molar-refractivity contribution in [1.82, 2.24) is 0 Å². The van der Waals surface area contributed by atoms with E-state index in [-0.39, 0.29) is 0 Å². The number of benzene rings is 1. The van der Waals surface area contributed by atoms with Crippen LogP contribution in [0.4, 0.5) is 0 Å². The number of hydrogen-bond acceptors (Lipinski definition) is 3. The van der Waals surface area contributed by atoms with Crippen molar-refractivity contribution in [2.45, 2.75) is 13.2 Å². The molecule has 0 aliphatic rings. The zero-order chi connectivity index (χ0) is 11.4. The van der Waals surface area contributed by atoms with Gasteiger partial charge in [0.2, 0.25) is 0 Å². The highest BCUT2D eigenvalue weighted by molar-refractivity contribution is 6.30. The Morgan fingerprint density at radius 1 is 1.31 bits per heavy atom. The van der Waals surface area contributed by atoms with Crippen molar-refractivity contribution in [1.29, 1.82) is 0 Å². The van der Waals surface area contributed by atoms with Crippen LogP contribution in [0, 0.1) is 0 Å². The van der Waals surface area contributed by atoms with Crippen LogP contribution < -0.4 is 10.5 Å². The van der Waals surface area contributed by atoms with Crippen LogP contribution in [0.3, 0.4) is 0 Å². The third kappa shape index (κ3) is 2.56. The lowest BCUT2D eigenvalue weighted by molar-refractivity contribution is 0.268. The predicted molar refractivity (Wildman–Crippen MR) is 62.4 cm³/mol. The number of hydrogen-bond donors (Lipinski definition) is 1. The van der Waals surface area contributed by atoms with Crippen LogP contribution in [0.1, 0.15) is 11.3 Å². The van der Waals surface area contributed by atoms with E-state index in [9.17, 15) is 0 Å². The molecule has 0 aliphatic heterocycles. The van der Waals surface area contributed by atoms with E-state index in [1.165, 1.54) is 0 Å². The first kappa shape index (κ1) is 11.0. The molecule has 1 heterocycles. The van der Waals surface area contributed by atoms with Gasteiger partial charge in [-0.1, -0.05) is 17.7 Å². The van der Waals surface area contributed by atoms with Crippen molar-refractivity contribution in [3.05, 3.63) is 52.9 Å². The first-order chi connectivity index (χ1) is 7.79. The molecule has 0 saturated heterocycles. The molecule has 16 heavy (non-hydrogen) atoms. The van der Waals surface area contributed by atoms with Gasteiger partial charge in [0.15, 0.2) is 0 Å². The lowest BCUT2D eigenvalue weighted by Crippen LogP contribution is -2.02. The van der Waals surface area contributed by atoms with Gasteiger partial charge in [-0.2, -0.15) is 0 Å². The Labute approximate surface area is 98.8 Å². The molecule has 0 fully saturated rings. The zero-order valence-corrected chi connectivity index (χ0v) is 9.41. The molecule has 0 spiro atoms. The maximum Gasteiger partial charge on any atom is 0.146 e. The van der Waals surface area contributed by atoms with Crippen LogP contribution >= 0.6 is 11.6 Å². The molecule has 0 aliphatic carbocycles. The average molecular weight is 238 g/mol. The van der Waals surface area contributed by atoms with Crippen LogP contribution in [0.2, 0.25) is 5.02 Å². The maximum absolute atomic E-state index is 5.89. The van der Waals surface area contributed by atoms with Crippen molar-refractivity contribution in [3.8, 4) is 5.75 Å². The summed E-state index contributed by atoms with van der Waals surface area (Å²) >= 11 is 5.89. The monoisotopic (exact) mass is 237 g/mol. The average Bonchev–Trinajstić information content (AvgIpc) is 2.79. The number of rotatable bonds is 4. The van der Waals surface area contributed by atoms with Gasteiger partial charge in [-0.25, -0.2) is 0 Å². The largest absolute Gasteiger partial charge is 0.485 e. The zero-order valence-electron chi connectivity index (χ0n) is 8.65. The minimum Gasteiger partial charge on any atom is -0.485 e. The minimum absolute atomic E-state index is 0.375. The molecule has 0 atom stereocenters. The van der Waals surface area contributed by atoms with Crippen molar-refractivity contribution in [2.75, 3.05) is 0 Å². The Morgan fingerprint density at radius 3 is 2.88 bits per heavy atom. The summed E-state index contributed by atoms with van der Waals surface area (Å²) in [4.78, 5) is 0. The molecule has 0 saturated carbocycles. The van der Waals surface area contributed by atoms with Crippen molar-refractivity contribution >= 4 is 11.6 Å². The van der Waals surface area contributed by atoms with E-state index in [0.29, 0.717) is 23.9 Å². The van der Waals surface area contributed by atoms with Gasteiger partial charge in [0.05, 0.1) is 6.26 Å². The van der Waals surface area contributed by atoms with Gasteiger partial charge in [-0.15, -0.1) is 0 Å². The number of halogens is 1. The smallest absolute Gasteiger partial charge is 0.146 e. The van der Waals surface area contributed by atoms with E-state index >= 15 is 0 Å². The van der Waals surface area contributed by atoms with Gasteiger partial charge in [-0.05, 0) is 24.3 Å². The Hall–Kier alpha value is -1.45. The second-order valence-electron chi connectivity index (χ2n) is 3.32. The van der Waals surface area contributed by atoms with E-state index < -0.39 is 0 Å². The number of ether oxygens (including phenoxy) is 1. The number of furan rings is 1. The van der Waals surface area contributed by atoms with E-state index in [4.69, 9.17) is 26.5 Å². The van der Waals surface area contributed by atoms with Gasteiger partial charge in [-0.3, -0.25) is 0 Å². The fourth-order valence-corrected chi connectivity index (χ4v) is 1.54. The highest BCUT2D eigenvalue weighted by Gasteiger charge is 2.04. The van der Waals surface area contributed by atoms with Gasteiger partial charge in [0.1, 0.15) is 18.1 Å². The highest BCUT2D eigenvalue weighted by atomic mass is 35.5. The van der Waals surface area contributed by atoms with Gasteiger partial charge in [0, 0.05) is 17.1 Å². The molecular formula is C12H12ClNO2. The summed E-state index contributed by atoms with van der Waals surface area (Å²) in [5, 5.41) is 0.631. The molecule has 2 N–H and O–H groups in total. The molecule has 0 amide bonds. The topological polar surface area (TPSA) is 48.4 Å². The van der Waals surface area contributed by atoms with E-state index in [0.717, 1.165) is 11.3 Å². The second kappa shape index (κ2) is 5.05. The molecule has 3 nitrogen and oxygen atoms in total. The summed E-state index contributed by atoms with van der Waals surface area (Å²) < 4.78 is 10.8. The second-order valence-corrected chi connectivity index (χ2v) is 3.76. The first-order valence-corrected chi connectivity index (χ1v) is 5.31. The molecule has 2 rings (SSSR count). The highest BCUT2D eigenvalue weighted by Crippen LogP contribution is 2.24. The van der Waals surface area contributed by atoms with Crippen molar-refractivity contribution in [2.24, 2.45) is 5.73 Å². The van der Waals surface area contributed by atoms with Crippen molar-refractivity contribution < 1.29 is 9.15 Å². The summed E-state index contributed by atoms with van der Waals surface area (Å²) in [6.07, 6.45) is 1.61. The van der Waals surface area contributed by atoms with Gasteiger partial charge in [0.25, 0.3) is 0 Å². The summed E-state index contributed by atoms with van der Waals surface area (Å²) in [6, 6.07) is 9.09. The minimum atomic E-state index is 0.375. The van der Waals surface area contributed by atoms with Crippen LogP contribution in [-0.2, 0) is 13.2 Å². The normalized spacial score (nSPS) is 10.4. The number of nitrogens with two attached hydrogens (primary N) is 1. The Kier molecular flexibility index (Phi) is 3.49. The molecule has 1 aromatic heterocycles. The molecule has 84 valence electrons. The third-order valence-corrected chi connectivity index (χ3v) is 2.43. The molecule has 0 bridgehead atoms. The molecule has 1 aromatic carbocycles. The van der Waals surface area contributed by atoms with E-state index in [1.807, 2.05) is 18.2 Å². The molecule has 2 aromatic rings. The quantitative estimate of drug-likeness (QED) is 0.889. The summed E-state index contributed by atoms with van der Waals surface area (Å²) in [7, 11) is 0. The van der Waals surface area contributed by atoms with E-state index in [1.54, 1.807) is 18.4 Å². The molecule has 4 heteroatoms. The Balaban J connectivity index is 2.11. The SMILES string of the molecule is NCc1ccc(Cl)cc1OCc1ccco1. The Bertz CT molecular complexity index is 454. The van der Waals surface area contributed by atoms with Crippen LogP contribution in [-0.4, -0.2) is 0 Å². The summed E-state index contributed by atoms with van der Waals surface area (Å²) in [5.74, 6) is 1.47. The van der Waals surface area contributed by atoms with Crippen LogP contribution in [0.5, 0.6) is 5.75 Å².